The molecule has 0 bridgehead atoms. The van der Waals surface area contributed by atoms with Gasteiger partial charge in [-0.1, -0.05) is 48.0 Å². The number of urea groups is 1. The van der Waals surface area contributed by atoms with Crippen LogP contribution < -0.4 is 5.32 Å². The van der Waals surface area contributed by atoms with Crippen molar-refractivity contribution in [2.45, 2.75) is 12.3 Å². The minimum atomic E-state index is -0.331. The lowest BCUT2D eigenvalue weighted by Crippen LogP contribution is -2.30. The topological polar surface area (TPSA) is 57.6 Å². The third-order valence-electron chi connectivity index (χ3n) is 5.92. The normalized spacial score (nSPS) is 15.1. The van der Waals surface area contributed by atoms with E-state index in [1.807, 2.05) is 48.5 Å². The van der Waals surface area contributed by atoms with Crippen LogP contribution in [0.3, 0.4) is 0 Å². The Balaban J connectivity index is 1.33. The van der Waals surface area contributed by atoms with E-state index in [2.05, 4.69) is 15.4 Å². The number of nitrogens with one attached hydrogen (secondary N) is 1. The van der Waals surface area contributed by atoms with Gasteiger partial charge in [0.15, 0.2) is 0 Å². The molecule has 5 rings (SSSR count). The molecule has 1 N–H and O–H groups in total. The van der Waals surface area contributed by atoms with Crippen LogP contribution >= 0.6 is 11.6 Å². The fourth-order valence-electron chi connectivity index (χ4n) is 4.10. The van der Waals surface area contributed by atoms with Gasteiger partial charge in [-0.2, -0.15) is 5.10 Å². The minimum absolute atomic E-state index is 0.190. The first-order valence-electron chi connectivity index (χ1n) is 11.2. The highest BCUT2D eigenvalue weighted by molar-refractivity contribution is 6.30. The largest absolute Gasteiger partial charge is 0.342 e. The van der Waals surface area contributed by atoms with E-state index in [4.69, 9.17) is 11.6 Å². The molecule has 0 fully saturated rings. The Morgan fingerprint density at radius 3 is 2.26 bits per heavy atom. The van der Waals surface area contributed by atoms with Crippen molar-refractivity contribution >= 4 is 29.0 Å². The summed E-state index contributed by atoms with van der Waals surface area (Å²) in [5.41, 5.74) is 5.47. The number of hydrogen-bond donors (Lipinski definition) is 1. The highest BCUT2D eigenvalue weighted by Crippen LogP contribution is 2.30. The van der Waals surface area contributed by atoms with Crippen LogP contribution in [-0.4, -0.2) is 28.3 Å². The van der Waals surface area contributed by atoms with Crippen LogP contribution in [0.15, 0.2) is 102 Å². The van der Waals surface area contributed by atoms with Crippen LogP contribution in [0.5, 0.6) is 0 Å². The fraction of sp³-hybridized carbons (Fsp3) is 0.107. The minimum Gasteiger partial charge on any atom is -0.306 e. The van der Waals surface area contributed by atoms with Crippen molar-refractivity contribution in [3.63, 3.8) is 0 Å². The average molecular weight is 485 g/mol. The van der Waals surface area contributed by atoms with E-state index in [-0.39, 0.29) is 17.8 Å². The molecule has 35 heavy (non-hydrogen) atoms. The van der Waals surface area contributed by atoms with Crippen LogP contribution in [-0.2, 0) is 6.42 Å². The number of nitrogens with zero attached hydrogens (tertiary/aromatic N) is 3. The van der Waals surface area contributed by atoms with Gasteiger partial charge in [0.25, 0.3) is 0 Å². The molecule has 0 saturated carbocycles. The predicted molar refractivity (Wildman–Crippen MR) is 136 cm³/mol. The second kappa shape index (κ2) is 10.1. The number of benzene rings is 3. The summed E-state index contributed by atoms with van der Waals surface area (Å²) in [6, 6.07) is 25.0. The number of aromatic nitrogens is 1. The van der Waals surface area contributed by atoms with Crippen LogP contribution in [0.25, 0.3) is 0 Å². The maximum absolute atomic E-state index is 13.5. The monoisotopic (exact) mass is 484 g/mol. The molecule has 0 saturated heterocycles. The van der Waals surface area contributed by atoms with Crippen LogP contribution in [0.4, 0.5) is 14.9 Å². The summed E-state index contributed by atoms with van der Waals surface area (Å²) < 4.78 is 13.5. The summed E-state index contributed by atoms with van der Waals surface area (Å²) in [5.74, 6) is -0.496. The van der Waals surface area contributed by atoms with Gasteiger partial charge in [-0.05, 0) is 77.2 Å². The third-order valence-corrected chi connectivity index (χ3v) is 6.18. The average Bonchev–Trinajstić information content (AvgIpc) is 3.32. The van der Waals surface area contributed by atoms with Crippen molar-refractivity contribution in [3.05, 3.63) is 130 Å². The van der Waals surface area contributed by atoms with E-state index in [9.17, 15) is 9.18 Å². The summed E-state index contributed by atoms with van der Waals surface area (Å²) in [7, 11) is 0. The second-order valence-electron chi connectivity index (χ2n) is 8.34. The molecule has 1 atom stereocenters. The van der Waals surface area contributed by atoms with Crippen molar-refractivity contribution in [2.75, 3.05) is 11.9 Å². The lowest BCUT2D eigenvalue weighted by atomic mass is 9.90. The molecule has 0 aliphatic carbocycles. The van der Waals surface area contributed by atoms with Crippen LogP contribution in [0.2, 0.25) is 5.02 Å². The van der Waals surface area contributed by atoms with Gasteiger partial charge >= 0.3 is 6.03 Å². The van der Waals surface area contributed by atoms with Crippen molar-refractivity contribution < 1.29 is 9.18 Å². The molecule has 5 nitrogen and oxygen atoms in total. The molecule has 3 aromatic carbocycles. The highest BCUT2D eigenvalue weighted by Gasteiger charge is 2.32. The highest BCUT2D eigenvalue weighted by atomic mass is 35.5. The molecule has 2 heterocycles. The van der Waals surface area contributed by atoms with Crippen molar-refractivity contribution in [3.8, 4) is 0 Å². The third kappa shape index (κ3) is 5.39. The first kappa shape index (κ1) is 22.7. The van der Waals surface area contributed by atoms with E-state index in [0.717, 1.165) is 28.8 Å². The maximum Gasteiger partial charge on any atom is 0.342 e. The molecule has 7 heteroatoms. The predicted octanol–water partition coefficient (Wildman–Crippen LogP) is 6.50. The number of hydrazone groups is 1. The van der Waals surface area contributed by atoms with Gasteiger partial charge in [0.2, 0.25) is 0 Å². The van der Waals surface area contributed by atoms with Crippen molar-refractivity contribution in [1.29, 1.82) is 0 Å². The van der Waals surface area contributed by atoms with E-state index < -0.39 is 0 Å². The van der Waals surface area contributed by atoms with Crippen LogP contribution in [0, 0.1) is 5.82 Å². The zero-order valence-electron chi connectivity index (χ0n) is 18.7. The molecule has 1 aliphatic rings. The quantitative estimate of drug-likeness (QED) is 0.351. The first-order chi connectivity index (χ1) is 17.0. The van der Waals surface area contributed by atoms with Gasteiger partial charge in [-0.3, -0.25) is 4.98 Å². The number of carbonyl (C=O) groups is 1. The SMILES string of the molecule is O=C(Nc1ccc(Cc2ccncc2)cc1)N1C[C@H](c2ccc(F)cc2)C(c2ccc(Cl)cc2)=N1. The van der Waals surface area contributed by atoms with Crippen molar-refractivity contribution in [2.24, 2.45) is 5.10 Å². The second-order valence-corrected chi connectivity index (χ2v) is 8.77. The number of halogens is 2. The number of anilines is 1. The van der Waals surface area contributed by atoms with E-state index in [0.29, 0.717) is 17.3 Å². The Kier molecular flexibility index (Phi) is 6.55. The van der Waals surface area contributed by atoms with E-state index in [1.165, 1.54) is 22.7 Å². The maximum atomic E-state index is 13.5. The molecule has 4 aromatic rings. The Morgan fingerprint density at radius 1 is 0.914 bits per heavy atom. The number of hydrogen-bond acceptors (Lipinski definition) is 3. The fourth-order valence-corrected chi connectivity index (χ4v) is 4.22. The molecule has 0 spiro atoms. The van der Waals surface area contributed by atoms with Crippen LogP contribution in [0.1, 0.15) is 28.2 Å². The molecule has 0 unspecified atom stereocenters. The summed E-state index contributed by atoms with van der Waals surface area (Å²) in [4.78, 5) is 17.1. The number of rotatable bonds is 5. The standard InChI is InChI=1S/C28H22ClFN4O/c29-23-7-3-22(4-8-23)27-26(21-5-9-24(30)10-6-21)18-34(33-27)28(35)32-25-11-1-19(2-12-25)17-20-13-15-31-16-14-20/h1-16,26H,17-18H2,(H,32,35)/t26-/m1/s1. The van der Waals surface area contributed by atoms with Gasteiger partial charge in [0.1, 0.15) is 5.82 Å². The van der Waals surface area contributed by atoms with E-state index >= 15 is 0 Å². The van der Waals surface area contributed by atoms with Gasteiger partial charge in [0.05, 0.1) is 12.3 Å². The van der Waals surface area contributed by atoms with E-state index in [1.54, 1.807) is 36.7 Å². The van der Waals surface area contributed by atoms with Gasteiger partial charge < -0.3 is 5.32 Å². The zero-order valence-corrected chi connectivity index (χ0v) is 19.5. The molecular formula is C28H22ClFN4O. The number of amides is 2. The molecular weight excluding hydrogens is 463 g/mol. The molecule has 2 amide bonds. The lowest BCUT2D eigenvalue weighted by Gasteiger charge is -2.16. The Morgan fingerprint density at radius 2 is 1.57 bits per heavy atom. The Bertz CT molecular complexity index is 1340. The summed E-state index contributed by atoms with van der Waals surface area (Å²) in [5, 5.41) is 9.60. The molecule has 1 aromatic heterocycles. The summed E-state index contributed by atoms with van der Waals surface area (Å²) in [6.45, 7) is 0.343. The lowest BCUT2D eigenvalue weighted by molar-refractivity contribution is 0.218. The first-order valence-corrected chi connectivity index (χ1v) is 11.6. The summed E-state index contributed by atoms with van der Waals surface area (Å²) in [6.07, 6.45) is 4.34. The number of carbonyl (C=O) groups excluding carboxylic acids is 1. The Hall–Kier alpha value is -4.03. The molecule has 1 aliphatic heterocycles. The molecule has 0 radical (unpaired) electrons. The Labute approximate surface area is 207 Å². The van der Waals surface area contributed by atoms with Gasteiger partial charge in [-0.15, -0.1) is 0 Å². The van der Waals surface area contributed by atoms with Gasteiger partial charge in [-0.25, -0.2) is 14.2 Å². The van der Waals surface area contributed by atoms with Gasteiger partial charge in [0, 0.05) is 29.0 Å². The van der Waals surface area contributed by atoms with Crippen molar-refractivity contribution in [1.82, 2.24) is 9.99 Å². The summed E-state index contributed by atoms with van der Waals surface area (Å²) >= 11 is 6.06. The number of pyridine rings is 1. The smallest absolute Gasteiger partial charge is 0.306 e. The molecule has 174 valence electrons. The zero-order chi connectivity index (χ0) is 24.2.